The molecule has 4 aromatic rings. The topological polar surface area (TPSA) is 36.9 Å². The minimum absolute atomic E-state index is 0.00655. The van der Waals surface area contributed by atoms with E-state index in [0.717, 1.165) is 73.6 Å². The summed E-state index contributed by atoms with van der Waals surface area (Å²) in [5.41, 5.74) is 9.46. The maximum atomic E-state index is 6.89. The number of methoxy groups -OCH3 is 2. The second-order valence-electron chi connectivity index (χ2n) is 11.5. The molecule has 0 radical (unpaired) electrons. The number of benzene rings is 4. The van der Waals surface area contributed by atoms with Gasteiger partial charge in [0.25, 0.3) is 0 Å². The first-order valence-corrected chi connectivity index (χ1v) is 17.4. The van der Waals surface area contributed by atoms with E-state index in [4.69, 9.17) is 88.6 Å². The number of halogens is 6. The molecule has 4 aromatic carbocycles. The van der Waals surface area contributed by atoms with Gasteiger partial charge < -0.3 is 18.9 Å². The summed E-state index contributed by atoms with van der Waals surface area (Å²) in [7, 11) is 3.19. The van der Waals surface area contributed by atoms with E-state index in [1.807, 2.05) is 0 Å². The van der Waals surface area contributed by atoms with Gasteiger partial charge in [0.15, 0.2) is 13.6 Å². The Morgan fingerprint density at radius 2 is 0.826 bits per heavy atom. The zero-order valence-electron chi connectivity index (χ0n) is 25.4. The van der Waals surface area contributed by atoms with Crippen LogP contribution in [0.4, 0.5) is 0 Å². The van der Waals surface area contributed by atoms with Crippen molar-refractivity contribution in [3.63, 3.8) is 0 Å². The van der Waals surface area contributed by atoms with Crippen molar-refractivity contribution < 1.29 is 18.9 Å². The lowest BCUT2D eigenvalue weighted by Crippen LogP contribution is -2.14. The molecule has 0 aliphatic heterocycles. The zero-order valence-corrected chi connectivity index (χ0v) is 30.0. The summed E-state index contributed by atoms with van der Waals surface area (Å²) >= 11 is 40.3. The lowest BCUT2D eigenvalue weighted by molar-refractivity contribution is 0.0504. The van der Waals surface area contributed by atoms with E-state index in [1.54, 1.807) is 38.5 Å². The summed E-state index contributed by atoms with van der Waals surface area (Å²) in [5, 5.41) is 2.59. The minimum Gasteiger partial charge on any atom is -0.466 e. The Balaban J connectivity index is 1.79. The molecule has 2 aliphatic rings. The van der Waals surface area contributed by atoms with Gasteiger partial charge in [0.05, 0.1) is 20.1 Å². The van der Waals surface area contributed by atoms with Gasteiger partial charge in [-0.2, -0.15) is 0 Å². The molecule has 2 aliphatic carbocycles. The lowest BCUT2D eigenvalue weighted by Gasteiger charge is -2.31. The average molecular weight is 741 g/mol. The molecule has 0 amide bonds. The Kier molecular flexibility index (Phi) is 10.9. The Morgan fingerprint density at radius 3 is 1.17 bits per heavy atom. The van der Waals surface area contributed by atoms with Gasteiger partial charge in [-0.25, -0.2) is 0 Å². The van der Waals surface area contributed by atoms with Crippen molar-refractivity contribution in [3.05, 3.63) is 88.8 Å². The van der Waals surface area contributed by atoms with Gasteiger partial charge in [0.1, 0.15) is 11.5 Å². The van der Waals surface area contributed by atoms with Gasteiger partial charge in [0.2, 0.25) is 0 Å². The van der Waals surface area contributed by atoms with E-state index in [0.29, 0.717) is 52.8 Å². The summed E-state index contributed by atoms with van der Waals surface area (Å²) < 4.78 is 24.1. The zero-order chi connectivity index (χ0) is 32.5. The molecule has 0 spiro atoms. The average Bonchev–Trinajstić information content (AvgIpc) is 3.01. The van der Waals surface area contributed by atoms with Crippen LogP contribution in [0.1, 0.15) is 47.9 Å². The van der Waals surface area contributed by atoms with Crippen molar-refractivity contribution in [2.75, 3.05) is 27.8 Å². The van der Waals surface area contributed by atoms with Crippen LogP contribution >= 0.6 is 69.6 Å². The van der Waals surface area contributed by atoms with E-state index in [1.165, 1.54) is 22.3 Å². The Bertz CT molecular complexity index is 1630. The Labute approximate surface area is 299 Å². The summed E-state index contributed by atoms with van der Waals surface area (Å²) in [5.74, 6) is 1.21. The van der Waals surface area contributed by atoms with Crippen molar-refractivity contribution in [2.45, 2.75) is 51.4 Å². The Hall–Kier alpha value is -1.86. The SMILES string of the molecule is COCOc1c(-c2c(Cl)cc(Cl)cc2Cl)cc2c(c1-c1c3c(cc(-c4c(Cl)cc(Cl)cc4Cl)c1OCOC)CCCC3)CCCC2. The monoisotopic (exact) mass is 738 g/mol. The molecule has 6 rings (SSSR count). The predicted octanol–water partition coefficient (Wildman–Crippen LogP) is 12.3. The van der Waals surface area contributed by atoms with Crippen LogP contribution < -0.4 is 9.47 Å². The molecule has 0 bridgehead atoms. The second kappa shape index (κ2) is 14.7. The molecule has 0 fully saturated rings. The highest BCUT2D eigenvalue weighted by molar-refractivity contribution is 6.43. The maximum Gasteiger partial charge on any atom is 0.188 e. The first-order valence-electron chi connectivity index (χ1n) is 15.1. The van der Waals surface area contributed by atoms with Crippen LogP contribution in [0.3, 0.4) is 0 Å². The molecule has 0 atom stereocenters. The van der Waals surface area contributed by atoms with E-state index in [2.05, 4.69) is 12.1 Å². The van der Waals surface area contributed by atoms with Crippen LogP contribution in [0.2, 0.25) is 30.1 Å². The summed E-state index contributed by atoms with van der Waals surface area (Å²) in [4.78, 5) is 0. The third-order valence-electron chi connectivity index (χ3n) is 8.65. The smallest absolute Gasteiger partial charge is 0.188 e. The van der Waals surface area contributed by atoms with Crippen LogP contribution in [-0.2, 0) is 35.2 Å². The highest BCUT2D eigenvalue weighted by atomic mass is 35.5. The fourth-order valence-corrected chi connectivity index (χ4v) is 8.85. The van der Waals surface area contributed by atoms with Gasteiger partial charge >= 0.3 is 0 Å². The largest absolute Gasteiger partial charge is 0.466 e. The first-order chi connectivity index (χ1) is 22.2. The number of fused-ring (bicyclic) bond motifs is 2. The van der Waals surface area contributed by atoms with E-state index in [-0.39, 0.29) is 13.6 Å². The normalized spacial score (nSPS) is 14.2. The Morgan fingerprint density at radius 1 is 0.478 bits per heavy atom. The van der Waals surface area contributed by atoms with E-state index in [9.17, 15) is 0 Å². The number of aryl methyl sites for hydroxylation is 2. The second-order valence-corrected chi connectivity index (χ2v) is 14.0. The standard InChI is InChI=1S/C36H32Cl6O4/c1-43-17-45-35-25(31-27(39)13-21(37)14-28(31)40)11-19-7-3-5-9-23(19)33(35)34-24-10-6-4-8-20(24)12-26(36(34)46-18-44-2)32-29(41)15-22(38)16-30(32)42/h11-16H,3-10,17-18H2,1-2H3. The van der Waals surface area contributed by atoms with E-state index >= 15 is 0 Å². The van der Waals surface area contributed by atoms with Crippen LogP contribution in [-0.4, -0.2) is 27.8 Å². The molecule has 242 valence electrons. The summed E-state index contributed by atoms with van der Waals surface area (Å²) in [6.45, 7) is 0.0131. The third kappa shape index (κ3) is 6.58. The summed E-state index contributed by atoms with van der Waals surface area (Å²) in [6, 6.07) is 11.1. The highest BCUT2D eigenvalue weighted by Gasteiger charge is 2.32. The molecule has 0 saturated heterocycles. The molecule has 0 heterocycles. The number of rotatable bonds is 9. The lowest BCUT2D eigenvalue weighted by atomic mass is 9.77. The van der Waals surface area contributed by atoms with Gasteiger partial charge in [-0.3, -0.25) is 0 Å². The van der Waals surface area contributed by atoms with Crippen molar-refractivity contribution in [2.24, 2.45) is 0 Å². The molecule has 0 unspecified atom stereocenters. The van der Waals surface area contributed by atoms with Crippen LogP contribution in [0.15, 0.2) is 36.4 Å². The van der Waals surface area contributed by atoms with Crippen LogP contribution in [0.5, 0.6) is 11.5 Å². The van der Waals surface area contributed by atoms with Gasteiger partial charge in [-0.15, -0.1) is 0 Å². The molecule has 10 heteroatoms. The number of hydrogen-bond donors (Lipinski definition) is 0. The highest BCUT2D eigenvalue weighted by Crippen LogP contribution is 2.55. The molecule has 4 nitrogen and oxygen atoms in total. The van der Waals surface area contributed by atoms with Crippen molar-refractivity contribution in [1.29, 1.82) is 0 Å². The first kappa shape index (κ1) is 34.0. The quantitative estimate of drug-likeness (QED) is 0.160. The van der Waals surface area contributed by atoms with Crippen molar-refractivity contribution in [1.82, 2.24) is 0 Å². The van der Waals surface area contributed by atoms with Crippen LogP contribution in [0, 0.1) is 0 Å². The van der Waals surface area contributed by atoms with Gasteiger partial charge in [-0.05, 0) is 110 Å². The fraction of sp³-hybridized carbons (Fsp3) is 0.333. The number of hydrogen-bond acceptors (Lipinski definition) is 4. The van der Waals surface area contributed by atoms with Gasteiger partial charge in [0, 0.05) is 57.6 Å². The molecular formula is C36H32Cl6O4. The fourth-order valence-electron chi connectivity index (χ4n) is 6.80. The van der Waals surface area contributed by atoms with Crippen molar-refractivity contribution >= 4 is 69.6 Å². The maximum absolute atomic E-state index is 6.89. The minimum atomic E-state index is 0.00655. The molecule has 46 heavy (non-hydrogen) atoms. The molecule has 0 N–H and O–H groups in total. The summed E-state index contributed by atoms with van der Waals surface area (Å²) in [6.07, 6.45) is 7.72. The number of ether oxygens (including phenoxy) is 4. The van der Waals surface area contributed by atoms with Gasteiger partial charge in [-0.1, -0.05) is 69.6 Å². The predicted molar refractivity (Wildman–Crippen MR) is 191 cm³/mol. The van der Waals surface area contributed by atoms with Crippen LogP contribution in [0.25, 0.3) is 33.4 Å². The molecule has 0 saturated carbocycles. The molecular weight excluding hydrogens is 709 g/mol. The van der Waals surface area contributed by atoms with Crippen molar-refractivity contribution in [3.8, 4) is 44.9 Å². The molecule has 0 aromatic heterocycles. The third-order valence-corrected chi connectivity index (χ3v) is 10.3. The van der Waals surface area contributed by atoms with E-state index < -0.39 is 0 Å².